The normalized spacial score (nSPS) is 12.0. The standard InChI is InChI=1S/C51H32NO2PS/c53-55(37-12-3-1-4-13-37,38-14-5-2-6-15-38)39-29-26-34(27-30-39)33-22-24-35(25-23-33)50-51-49(43-17-8-10-21-47(43)56-51)41-31-28-36(32-44(41)52-50)40-18-11-20-46-48(40)42-16-7-9-19-45(42)54-46/h1-32H. The first kappa shape index (κ1) is 32.8. The van der Waals surface area contributed by atoms with Gasteiger partial charge in [0.25, 0.3) is 0 Å². The first-order valence-corrected chi connectivity index (χ1v) is 21.2. The molecule has 0 spiro atoms. The van der Waals surface area contributed by atoms with E-state index in [2.05, 4.69) is 103 Å². The summed E-state index contributed by atoms with van der Waals surface area (Å²) < 4.78 is 23.6. The minimum atomic E-state index is -3.05. The van der Waals surface area contributed by atoms with Crippen molar-refractivity contribution in [3.63, 3.8) is 0 Å². The number of para-hydroxylation sites is 1. The molecule has 11 aromatic rings. The van der Waals surface area contributed by atoms with E-state index < -0.39 is 7.14 Å². The molecule has 0 saturated heterocycles. The van der Waals surface area contributed by atoms with Crippen LogP contribution < -0.4 is 15.9 Å². The molecule has 3 aromatic heterocycles. The van der Waals surface area contributed by atoms with Crippen molar-refractivity contribution in [1.29, 1.82) is 0 Å². The zero-order chi connectivity index (χ0) is 37.2. The van der Waals surface area contributed by atoms with Gasteiger partial charge in [0, 0.05) is 53.1 Å². The van der Waals surface area contributed by atoms with Crippen molar-refractivity contribution in [1.82, 2.24) is 4.98 Å². The highest BCUT2D eigenvalue weighted by Gasteiger charge is 2.29. The van der Waals surface area contributed by atoms with E-state index in [-0.39, 0.29) is 0 Å². The average Bonchev–Trinajstić information content (AvgIpc) is 3.86. The molecule has 0 aliphatic carbocycles. The molecule has 3 heterocycles. The van der Waals surface area contributed by atoms with Gasteiger partial charge in [-0.25, -0.2) is 4.98 Å². The van der Waals surface area contributed by atoms with Gasteiger partial charge in [0.15, 0.2) is 7.14 Å². The Morgan fingerprint density at radius 2 is 1.02 bits per heavy atom. The summed E-state index contributed by atoms with van der Waals surface area (Å²) in [7, 11) is -3.05. The van der Waals surface area contributed by atoms with E-state index in [1.165, 1.54) is 20.2 Å². The van der Waals surface area contributed by atoms with Crippen LogP contribution in [0.15, 0.2) is 199 Å². The number of aromatic nitrogens is 1. The molecule has 11 rings (SSSR count). The Labute approximate surface area is 327 Å². The predicted octanol–water partition coefficient (Wildman–Crippen LogP) is 13.1. The topological polar surface area (TPSA) is 43.1 Å². The highest BCUT2D eigenvalue weighted by Crippen LogP contribution is 2.45. The molecule has 0 atom stereocenters. The van der Waals surface area contributed by atoms with Gasteiger partial charge >= 0.3 is 0 Å². The van der Waals surface area contributed by atoms with Crippen LogP contribution in [-0.4, -0.2) is 4.98 Å². The van der Waals surface area contributed by atoms with Crippen LogP contribution in [0.25, 0.3) is 86.5 Å². The van der Waals surface area contributed by atoms with Crippen molar-refractivity contribution in [3.8, 4) is 33.5 Å². The molecule has 0 aliphatic heterocycles. The van der Waals surface area contributed by atoms with E-state index in [9.17, 15) is 4.57 Å². The third-order valence-electron chi connectivity index (χ3n) is 11.0. The number of hydrogen-bond acceptors (Lipinski definition) is 4. The molecule has 0 bridgehead atoms. The first-order valence-electron chi connectivity index (χ1n) is 18.7. The van der Waals surface area contributed by atoms with Crippen LogP contribution in [-0.2, 0) is 4.57 Å². The molecule has 8 aromatic carbocycles. The van der Waals surface area contributed by atoms with Crippen LogP contribution in [0.5, 0.6) is 0 Å². The Hall–Kier alpha value is -6.58. The van der Waals surface area contributed by atoms with Crippen molar-refractivity contribution >= 4 is 87.4 Å². The fourth-order valence-electron chi connectivity index (χ4n) is 8.27. The van der Waals surface area contributed by atoms with Gasteiger partial charge in [-0.05, 0) is 46.5 Å². The summed E-state index contributed by atoms with van der Waals surface area (Å²) in [5, 5.41) is 8.35. The van der Waals surface area contributed by atoms with Gasteiger partial charge in [-0.2, -0.15) is 0 Å². The molecule has 0 N–H and O–H groups in total. The molecule has 0 unspecified atom stereocenters. The molecule has 0 fully saturated rings. The number of pyridine rings is 1. The van der Waals surface area contributed by atoms with Crippen LogP contribution in [0.3, 0.4) is 0 Å². The fourth-order valence-corrected chi connectivity index (χ4v) is 12.1. The van der Waals surface area contributed by atoms with Gasteiger partial charge in [0.1, 0.15) is 11.2 Å². The molecule has 264 valence electrons. The highest BCUT2D eigenvalue weighted by atomic mass is 32.1. The average molecular weight is 754 g/mol. The summed E-state index contributed by atoms with van der Waals surface area (Å²) in [6.45, 7) is 0. The van der Waals surface area contributed by atoms with Gasteiger partial charge in [-0.3, -0.25) is 0 Å². The Kier molecular flexibility index (Phi) is 7.63. The minimum absolute atomic E-state index is 0.819. The van der Waals surface area contributed by atoms with E-state index in [1.54, 1.807) is 11.3 Å². The summed E-state index contributed by atoms with van der Waals surface area (Å²) in [6, 6.07) is 66.5. The van der Waals surface area contributed by atoms with Crippen LogP contribution in [0.1, 0.15) is 0 Å². The van der Waals surface area contributed by atoms with E-state index in [4.69, 9.17) is 9.40 Å². The SMILES string of the molecule is O=P(c1ccccc1)(c1ccccc1)c1ccc(-c2ccc(-c3nc4cc(-c5cccc6oc7ccccc7c56)ccc4c4c3sc3ccccc34)cc2)cc1. The first-order chi connectivity index (χ1) is 27.6. The van der Waals surface area contributed by atoms with Crippen LogP contribution in [0.4, 0.5) is 0 Å². The van der Waals surface area contributed by atoms with Gasteiger partial charge in [-0.1, -0.05) is 170 Å². The Morgan fingerprint density at radius 3 is 1.75 bits per heavy atom. The summed E-state index contributed by atoms with van der Waals surface area (Å²) in [6.07, 6.45) is 0. The Bertz CT molecular complexity index is 3270. The number of hydrogen-bond donors (Lipinski definition) is 0. The van der Waals surface area contributed by atoms with E-state index in [1.807, 2.05) is 91.0 Å². The van der Waals surface area contributed by atoms with Crippen molar-refractivity contribution in [2.24, 2.45) is 0 Å². The third kappa shape index (κ3) is 5.18. The summed E-state index contributed by atoms with van der Waals surface area (Å²) in [4.78, 5) is 5.44. The molecule has 56 heavy (non-hydrogen) atoms. The number of furan rings is 1. The maximum Gasteiger partial charge on any atom is 0.171 e. The van der Waals surface area contributed by atoms with Crippen molar-refractivity contribution in [3.05, 3.63) is 194 Å². The third-order valence-corrected chi connectivity index (χ3v) is 15.2. The molecule has 0 saturated carbocycles. The molecular weight excluding hydrogens is 722 g/mol. The van der Waals surface area contributed by atoms with E-state index in [0.29, 0.717) is 0 Å². The van der Waals surface area contributed by atoms with Crippen molar-refractivity contribution < 1.29 is 8.98 Å². The predicted molar refractivity (Wildman–Crippen MR) is 238 cm³/mol. The van der Waals surface area contributed by atoms with E-state index in [0.717, 1.165) is 82.3 Å². The van der Waals surface area contributed by atoms with Gasteiger partial charge in [0.05, 0.1) is 15.9 Å². The quantitative estimate of drug-likeness (QED) is 0.159. The number of rotatable bonds is 6. The maximum absolute atomic E-state index is 14.9. The lowest BCUT2D eigenvalue weighted by atomic mass is 9.96. The minimum Gasteiger partial charge on any atom is -0.456 e. The van der Waals surface area contributed by atoms with Crippen LogP contribution >= 0.6 is 18.5 Å². The summed E-state index contributed by atoms with van der Waals surface area (Å²) in [5.74, 6) is 0. The zero-order valence-electron chi connectivity index (χ0n) is 30.1. The van der Waals surface area contributed by atoms with Crippen molar-refractivity contribution in [2.75, 3.05) is 0 Å². The van der Waals surface area contributed by atoms with Gasteiger partial charge in [0.2, 0.25) is 0 Å². The Morgan fingerprint density at radius 1 is 0.446 bits per heavy atom. The van der Waals surface area contributed by atoms with Gasteiger partial charge < -0.3 is 8.98 Å². The highest BCUT2D eigenvalue weighted by molar-refractivity contribution is 7.85. The molecule has 0 aliphatic rings. The zero-order valence-corrected chi connectivity index (χ0v) is 31.8. The number of fused-ring (bicyclic) bond motifs is 8. The lowest BCUT2D eigenvalue weighted by Gasteiger charge is -2.20. The molecular formula is C51H32NO2PS. The molecule has 3 nitrogen and oxygen atoms in total. The second-order valence-corrected chi connectivity index (χ2v) is 18.0. The maximum atomic E-state index is 14.9. The summed E-state index contributed by atoms with van der Waals surface area (Å²) >= 11 is 1.80. The fraction of sp³-hybridized carbons (Fsp3) is 0. The molecule has 0 radical (unpaired) electrons. The van der Waals surface area contributed by atoms with Gasteiger partial charge in [-0.15, -0.1) is 11.3 Å². The second-order valence-electron chi connectivity index (χ2n) is 14.2. The number of thiophene rings is 1. The lowest BCUT2D eigenvalue weighted by Crippen LogP contribution is -2.24. The lowest BCUT2D eigenvalue weighted by molar-refractivity contribution is 0.592. The molecule has 5 heteroatoms. The summed E-state index contributed by atoms with van der Waals surface area (Å²) in [5.41, 5.74) is 9.17. The largest absolute Gasteiger partial charge is 0.456 e. The second kappa shape index (κ2) is 13.0. The van der Waals surface area contributed by atoms with Crippen LogP contribution in [0.2, 0.25) is 0 Å². The van der Waals surface area contributed by atoms with Crippen LogP contribution in [0, 0.1) is 0 Å². The molecule has 0 amide bonds. The smallest absolute Gasteiger partial charge is 0.171 e. The number of nitrogens with zero attached hydrogens (tertiary/aromatic N) is 1. The van der Waals surface area contributed by atoms with Crippen molar-refractivity contribution in [2.45, 2.75) is 0 Å². The monoisotopic (exact) mass is 753 g/mol. The van der Waals surface area contributed by atoms with E-state index >= 15 is 0 Å². The Balaban J connectivity index is 1.02. The number of benzene rings is 8.